The Hall–Kier alpha value is -1.33. The maximum absolute atomic E-state index is 11.9. The molecule has 20 heavy (non-hydrogen) atoms. The third-order valence-electron chi connectivity index (χ3n) is 2.70. The number of aromatic nitrogens is 1. The van der Waals surface area contributed by atoms with Crippen molar-refractivity contribution in [2.45, 2.75) is 12.7 Å². The summed E-state index contributed by atoms with van der Waals surface area (Å²) in [6, 6.07) is 9.76. The molecule has 0 fully saturated rings. The van der Waals surface area contributed by atoms with Crippen LogP contribution in [-0.4, -0.2) is 16.6 Å². The predicted octanol–water partition coefficient (Wildman–Crippen LogP) is 4.02. The van der Waals surface area contributed by atoms with Crippen molar-refractivity contribution in [2.75, 3.05) is 11.1 Å². The largest absolute Gasteiger partial charge is 0.325 e. The predicted molar refractivity (Wildman–Crippen MR) is 87.9 cm³/mol. The average molecular weight is 351 g/mol. The first-order chi connectivity index (χ1) is 9.65. The van der Waals surface area contributed by atoms with Crippen LogP contribution in [0.5, 0.6) is 0 Å². The van der Waals surface area contributed by atoms with Crippen LogP contribution in [0, 0.1) is 6.92 Å². The molecule has 0 saturated carbocycles. The molecule has 2 rings (SSSR count). The number of carbonyl (C=O) groups is 1. The van der Waals surface area contributed by atoms with Crippen molar-refractivity contribution in [3.05, 3.63) is 58.3 Å². The second-order valence-corrected chi connectivity index (χ2v) is 6.26. The molecule has 0 unspecified atom stereocenters. The van der Waals surface area contributed by atoms with E-state index in [2.05, 4.69) is 26.2 Å². The highest BCUT2D eigenvalue weighted by Crippen LogP contribution is 2.21. The SMILES string of the molecule is Cc1ccc(Br)cc1NC(=O)CSCc1cccnc1. The van der Waals surface area contributed by atoms with Gasteiger partial charge in [-0.2, -0.15) is 0 Å². The van der Waals surface area contributed by atoms with Crippen molar-refractivity contribution in [3.63, 3.8) is 0 Å². The van der Waals surface area contributed by atoms with Crippen LogP contribution in [0.15, 0.2) is 47.2 Å². The van der Waals surface area contributed by atoms with E-state index in [-0.39, 0.29) is 5.91 Å². The standard InChI is InChI=1S/C15H15BrN2OS/c1-11-4-5-13(16)7-14(11)18-15(19)10-20-9-12-3-2-6-17-8-12/h2-8H,9-10H2,1H3,(H,18,19). The fourth-order valence-corrected chi connectivity index (χ4v) is 2.79. The van der Waals surface area contributed by atoms with Gasteiger partial charge in [0.1, 0.15) is 0 Å². The summed E-state index contributed by atoms with van der Waals surface area (Å²) in [5.41, 5.74) is 3.04. The van der Waals surface area contributed by atoms with Crippen LogP contribution in [0.25, 0.3) is 0 Å². The van der Waals surface area contributed by atoms with Gasteiger partial charge in [0.25, 0.3) is 0 Å². The number of carbonyl (C=O) groups excluding carboxylic acids is 1. The molecule has 0 aliphatic heterocycles. The van der Waals surface area contributed by atoms with Gasteiger partial charge in [0, 0.05) is 28.3 Å². The highest BCUT2D eigenvalue weighted by atomic mass is 79.9. The molecule has 3 nitrogen and oxygen atoms in total. The monoisotopic (exact) mass is 350 g/mol. The lowest BCUT2D eigenvalue weighted by atomic mass is 10.2. The highest BCUT2D eigenvalue weighted by molar-refractivity contribution is 9.10. The molecule has 0 radical (unpaired) electrons. The Morgan fingerprint density at radius 3 is 3.00 bits per heavy atom. The molecule has 5 heteroatoms. The minimum absolute atomic E-state index is 0.0140. The quantitative estimate of drug-likeness (QED) is 0.885. The Balaban J connectivity index is 1.82. The zero-order chi connectivity index (χ0) is 14.4. The zero-order valence-corrected chi connectivity index (χ0v) is 13.5. The maximum Gasteiger partial charge on any atom is 0.234 e. The van der Waals surface area contributed by atoms with Crippen LogP contribution >= 0.6 is 27.7 Å². The number of anilines is 1. The Morgan fingerprint density at radius 2 is 2.25 bits per heavy atom. The van der Waals surface area contributed by atoms with Crippen LogP contribution in [0.2, 0.25) is 0 Å². The molecule has 1 amide bonds. The number of nitrogens with zero attached hydrogens (tertiary/aromatic N) is 1. The number of amides is 1. The van der Waals surface area contributed by atoms with Crippen molar-refractivity contribution in [1.29, 1.82) is 0 Å². The van der Waals surface area contributed by atoms with E-state index in [0.717, 1.165) is 27.0 Å². The van der Waals surface area contributed by atoms with Crippen LogP contribution in [0.1, 0.15) is 11.1 Å². The van der Waals surface area contributed by atoms with Crippen molar-refractivity contribution in [3.8, 4) is 0 Å². The summed E-state index contributed by atoms with van der Waals surface area (Å²) >= 11 is 4.99. The van der Waals surface area contributed by atoms with Crippen LogP contribution in [0.4, 0.5) is 5.69 Å². The first kappa shape index (κ1) is 15.1. The summed E-state index contributed by atoms with van der Waals surface area (Å²) in [4.78, 5) is 16.0. The molecule has 104 valence electrons. The molecular weight excluding hydrogens is 336 g/mol. The van der Waals surface area contributed by atoms with Crippen LogP contribution < -0.4 is 5.32 Å². The van der Waals surface area contributed by atoms with Crippen LogP contribution in [0.3, 0.4) is 0 Å². The fraction of sp³-hybridized carbons (Fsp3) is 0.200. The van der Waals surface area contributed by atoms with Gasteiger partial charge in [0.2, 0.25) is 5.91 Å². The molecule has 0 aliphatic rings. The molecule has 0 spiro atoms. The third-order valence-corrected chi connectivity index (χ3v) is 4.20. The minimum Gasteiger partial charge on any atom is -0.325 e. The summed E-state index contributed by atoms with van der Waals surface area (Å²) in [6.45, 7) is 1.98. The second-order valence-electron chi connectivity index (χ2n) is 4.36. The van der Waals surface area contributed by atoms with Gasteiger partial charge in [-0.3, -0.25) is 9.78 Å². The molecule has 1 heterocycles. The molecule has 0 aliphatic carbocycles. The Morgan fingerprint density at radius 1 is 1.40 bits per heavy atom. The van der Waals surface area contributed by atoms with Gasteiger partial charge in [-0.05, 0) is 36.2 Å². The maximum atomic E-state index is 11.9. The summed E-state index contributed by atoms with van der Waals surface area (Å²) in [5.74, 6) is 1.24. The number of rotatable bonds is 5. The molecule has 2 aromatic rings. The minimum atomic E-state index is 0.0140. The van der Waals surface area contributed by atoms with E-state index in [1.54, 1.807) is 18.0 Å². The molecule has 0 saturated heterocycles. The lowest BCUT2D eigenvalue weighted by Crippen LogP contribution is -2.15. The Bertz CT molecular complexity index is 590. The van der Waals surface area contributed by atoms with Gasteiger partial charge >= 0.3 is 0 Å². The van der Waals surface area contributed by atoms with E-state index in [1.165, 1.54) is 0 Å². The summed E-state index contributed by atoms with van der Waals surface area (Å²) in [7, 11) is 0. The van der Waals surface area contributed by atoms with Crippen molar-refractivity contribution >= 4 is 39.3 Å². The molecule has 1 aromatic heterocycles. The van der Waals surface area contributed by atoms with Gasteiger partial charge < -0.3 is 5.32 Å². The van der Waals surface area contributed by atoms with E-state index in [4.69, 9.17) is 0 Å². The van der Waals surface area contributed by atoms with Gasteiger partial charge in [-0.15, -0.1) is 11.8 Å². The molecule has 0 bridgehead atoms. The third kappa shape index (κ3) is 4.65. The number of halogens is 1. The lowest BCUT2D eigenvalue weighted by molar-refractivity contribution is -0.113. The summed E-state index contributed by atoms with van der Waals surface area (Å²) in [6.07, 6.45) is 3.57. The van der Waals surface area contributed by atoms with E-state index < -0.39 is 0 Å². The van der Waals surface area contributed by atoms with E-state index in [9.17, 15) is 4.79 Å². The molecule has 1 aromatic carbocycles. The Labute approximate surface area is 131 Å². The number of aryl methyl sites for hydroxylation is 1. The first-order valence-electron chi connectivity index (χ1n) is 6.18. The first-order valence-corrected chi connectivity index (χ1v) is 8.12. The van der Waals surface area contributed by atoms with Crippen LogP contribution in [-0.2, 0) is 10.5 Å². The van der Waals surface area contributed by atoms with E-state index >= 15 is 0 Å². The van der Waals surface area contributed by atoms with Gasteiger partial charge in [-0.25, -0.2) is 0 Å². The topological polar surface area (TPSA) is 42.0 Å². The van der Waals surface area contributed by atoms with Crippen molar-refractivity contribution in [1.82, 2.24) is 4.98 Å². The number of nitrogens with one attached hydrogen (secondary N) is 1. The number of pyridine rings is 1. The van der Waals surface area contributed by atoms with Gasteiger partial charge in [0.05, 0.1) is 5.75 Å². The smallest absolute Gasteiger partial charge is 0.234 e. The van der Waals surface area contributed by atoms with Gasteiger partial charge in [0.15, 0.2) is 0 Å². The number of thioether (sulfide) groups is 1. The summed E-state index contributed by atoms with van der Waals surface area (Å²) in [5, 5.41) is 2.93. The number of hydrogen-bond acceptors (Lipinski definition) is 3. The highest BCUT2D eigenvalue weighted by Gasteiger charge is 2.05. The van der Waals surface area contributed by atoms with Crippen molar-refractivity contribution in [2.24, 2.45) is 0 Å². The van der Waals surface area contributed by atoms with Gasteiger partial charge in [-0.1, -0.05) is 28.1 Å². The molecule has 0 atom stereocenters. The van der Waals surface area contributed by atoms with E-state index in [1.807, 2.05) is 43.5 Å². The van der Waals surface area contributed by atoms with Crippen molar-refractivity contribution < 1.29 is 4.79 Å². The van der Waals surface area contributed by atoms with E-state index in [0.29, 0.717) is 5.75 Å². The fourth-order valence-electron chi connectivity index (χ4n) is 1.66. The number of hydrogen-bond donors (Lipinski definition) is 1. The number of benzene rings is 1. The average Bonchev–Trinajstić information content (AvgIpc) is 2.44. The second kappa shape index (κ2) is 7.45. The normalized spacial score (nSPS) is 10.3. The lowest BCUT2D eigenvalue weighted by Gasteiger charge is -2.08. The Kier molecular flexibility index (Phi) is 5.61. The molecule has 1 N–H and O–H groups in total. The summed E-state index contributed by atoms with van der Waals surface area (Å²) < 4.78 is 0.960. The molecular formula is C15H15BrN2OS. The zero-order valence-electron chi connectivity index (χ0n) is 11.1.